The third kappa shape index (κ3) is 4.56. The van der Waals surface area contributed by atoms with Gasteiger partial charge in [0.15, 0.2) is 0 Å². The molecule has 1 unspecified atom stereocenters. The molecule has 0 spiro atoms. The summed E-state index contributed by atoms with van der Waals surface area (Å²) in [6.07, 6.45) is 0.709. The largest absolute Gasteiger partial charge is 0.396 e. The van der Waals surface area contributed by atoms with Crippen molar-refractivity contribution >= 4 is 11.6 Å². The number of hydrogen-bond donors (Lipinski definition) is 3. The summed E-state index contributed by atoms with van der Waals surface area (Å²) in [7, 11) is 1.87. The van der Waals surface area contributed by atoms with E-state index in [0.717, 1.165) is 23.0 Å². The fourth-order valence-corrected chi connectivity index (χ4v) is 2.12. The minimum absolute atomic E-state index is 0.111. The fraction of sp³-hybridized carbons (Fsp3) is 0.750. The molecule has 0 saturated carbocycles. The highest BCUT2D eigenvalue weighted by molar-refractivity contribution is 5.57. The van der Waals surface area contributed by atoms with Crippen LogP contribution in [0.2, 0.25) is 0 Å². The van der Waals surface area contributed by atoms with Gasteiger partial charge in [-0.3, -0.25) is 0 Å². The summed E-state index contributed by atoms with van der Waals surface area (Å²) in [5.74, 6) is 2.93. The van der Waals surface area contributed by atoms with Gasteiger partial charge in [-0.05, 0) is 19.3 Å². The standard InChI is InChI=1S/C16H30N4O/c1-10(2)12(8-9-21)18-14-11(3)13(17-7)19-15(20-14)16(4,5)6/h10,12,21H,8-9H2,1-7H3,(H2,17,18,19,20). The van der Waals surface area contributed by atoms with Crippen molar-refractivity contribution < 1.29 is 5.11 Å². The Hall–Kier alpha value is -1.36. The van der Waals surface area contributed by atoms with Crippen LogP contribution in [0.3, 0.4) is 0 Å². The van der Waals surface area contributed by atoms with E-state index in [2.05, 4.69) is 50.2 Å². The molecule has 3 N–H and O–H groups in total. The second-order valence-electron chi connectivity index (χ2n) is 6.88. The molecule has 1 heterocycles. The van der Waals surface area contributed by atoms with Gasteiger partial charge in [0, 0.05) is 30.7 Å². The zero-order valence-electron chi connectivity index (χ0n) is 14.4. The van der Waals surface area contributed by atoms with Gasteiger partial charge in [-0.1, -0.05) is 34.6 Å². The van der Waals surface area contributed by atoms with E-state index >= 15 is 0 Å². The maximum absolute atomic E-state index is 9.23. The molecule has 0 aliphatic carbocycles. The van der Waals surface area contributed by atoms with Gasteiger partial charge in [-0.15, -0.1) is 0 Å². The third-order valence-corrected chi connectivity index (χ3v) is 3.62. The zero-order valence-corrected chi connectivity index (χ0v) is 14.4. The van der Waals surface area contributed by atoms with Crippen LogP contribution in [0.15, 0.2) is 0 Å². The molecule has 0 aliphatic heterocycles. The van der Waals surface area contributed by atoms with Crippen LogP contribution in [-0.2, 0) is 5.41 Å². The van der Waals surface area contributed by atoms with Gasteiger partial charge in [0.2, 0.25) is 0 Å². The van der Waals surface area contributed by atoms with Crippen molar-refractivity contribution in [2.75, 3.05) is 24.3 Å². The second kappa shape index (κ2) is 7.07. The normalized spacial score (nSPS) is 13.4. The molecule has 5 nitrogen and oxygen atoms in total. The van der Waals surface area contributed by atoms with Crippen LogP contribution >= 0.6 is 0 Å². The third-order valence-electron chi connectivity index (χ3n) is 3.62. The summed E-state index contributed by atoms with van der Waals surface area (Å²) in [6.45, 7) is 12.8. The molecule has 120 valence electrons. The first-order valence-corrected chi connectivity index (χ1v) is 7.65. The highest BCUT2D eigenvalue weighted by Gasteiger charge is 2.22. The lowest BCUT2D eigenvalue weighted by Gasteiger charge is -2.26. The smallest absolute Gasteiger partial charge is 0.138 e. The van der Waals surface area contributed by atoms with Crippen LogP contribution in [0.1, 0.15) is 52.4 Å². The van der Waals surface area contributed by atoms with E-state index in [0.29, 0.717) is 12.3 Å². The van der Waals surface area contributed by atoms with E-state index in [9.17, 15) is 5.11 Å². The minimum atomic E-state index is -0.111. The Bertz CT molecular complexity index is 466. The molecule has 1 rings (SSSR count). The Morgan fingerprint density at radius 3 is 2.14 bits per heavy atom. The number of anilines is 2. The minimum Gasteiger partial charge on any atom is -0.396 e. The summed E-state index contributed by atoms with van der Waals surface area (Å²) in [6, 6.07) is 0.195. The molecular weight excluding hydrogens is 264 g/mol. The highest BCUT2D eigenvalue weighted by Crippen LogP contribution is 2.27. The Labute approximate surface area is 128 Å². The quantitative estimate of drug-likeness (QED) is 0.752. The van der Waals surface area contributed by atoms with Crippen molar-refractivity contribution in [3.8, 4) is 0 Å². The van der Waals surface area contributed by atoms with E-state index in [-0.39, 0.29) is 18.1 Å². The maximum atomic E-state index is 9.23. The maximum Gasteiger partial charge on any atom is 0.138 e. The van der Waals surface area contributed by atoms with Crippen molar-refractivity contribution in [3.63, 3.8) is 0 Å². The summed E-state index contributed by atoms with van der Waals surface area (Å²) in [5, 5.41) is 15.9. The van der Waals surface area contributed by atoms with Crippen LogP contribution in [0, 0.1) is 12.8 Å². The Kier molecular flexibility index (Phi) is 5.96. The van der Waals surface area contributed by atoms with Gasteiger partial charge in [-0.2, -0.15) is 0 Å². The molecule has 0 aliphatic rings. The average molecular weight is 294 g/mol. The van der Waals surface area contributed by atoms with E-state index in [4.69, 9.17) is 4.98 Å². The first kappa shape index (κ1) is 17.7. The monoisotopic (exact) mass is 294 g/mol. The van der Waals surface area contributed by atoms with Crippen molar-refractivity contribution in [1.29, 1.82) is 0 Å². The SMILES string of the molecule is CNc1nc(C(C)(C)C)nc(NC(CCO)C(C)C)c1C. The lowest BCUT2D eigenvalue weighted by molar-refractivity contribution is 0.267. The van der Waals surface area contributed by atoms with Gasteiger partial charge < -0.3 is 15.7 Å². The zero-order chi connectivity index (χ0) is 16.2. The summed E-state index contributed by atoms with van der Waals surface area (Å²) < 4.78 is 0. The van der Waals surface area contributed by atoms with E-state index in [1.165, 1.54) is 0 Å². The summed E-state index contributed by atoms with van der Waals surface area (Å²) >= 11 is 0. The summed E-state index contributed by atoms with van der Waals surface area (Å²) in [4.78, 5) is 9.32. The number of rotatable bonds is 6. The molecule has 0 fully saturated rings. The molecule has 0 saturated heterocycles. The van der Waals surface area contributed by atoms with Crippen molar-refractivity contribution in [3.05, 3.63) is 11.4 Å². The molecular formula is C16H30N4O. The highest BCUT2D eigenvalue weighted by atomic mass is 16.3. The number of aromatic nitrogens is 2. The number of nitrogens with zero attached hydrogens (tertiary/aromatic N) is 2. The summed E-state index contributed by atoms with van der Waals surface area (Å²) in [5.41, 5.74) is 0.897. The molecule has 1 aromatic rings. The molecule has 1 aromatic heterocycles. The molecule has 0 aromatic carbocycles. The van der Waals surface area contributed by atoms with Crippen molar-refractivity contribution in [2.24, 2.45) is 5.92 Å². The topological polar surface area (TPSA) is 70.1 Å². The molecule has 1 atom stereocenters. The van der Waals surface area contributed by atoms with Gasteiger partial charge in [0.25, 0.3) is 0 Å². The van der Waals surface area contributed by atoms with Crippen LogP contribution in [0.4, 0.5) is 11.6 Å². The second-order valence-corrected chi connectivity index (χ2v) is 6.88. The average Bonchev–Trinajstić information content (AvgIpc) is 2.38. The predicted molar refractivity (Wildman–Crippen MR) is 89.0 cm³/mol. The first-order valence-electron chi connectivity index (χ1n) is 7.65. The predicted octanol–water partition coefficient (Wildman–Crippen LogP) is 2.94. The Morgan fingerprint density at radius 1 is 1.14 bits per heavy atom. The molecule has 0 bridgehead atoms. The van der Waals surface area contributed by atoms with Crippen LogP contribution in [-0.4, -0.2) is 34.8 Å². The van der Waals surface area contributed by atoms with Crippen molar-refractivity contribution in [1.82, 2.24) is 9.97 Å². The molecule has 0 radical (unpaired) electrons. The van der Waals surface area contributed by atoms with Crippen LogP contribution < -0.4 is 10.6 Å². The first-order chi connectivity index (χ1) is 9.70. The molecule has 21 heavy (non-hydrogen) atoms. The molecule has 0 amide bonds. The van der Waals surface area contributed by atoms with Gasteiger partial charge in [0.05, 0.1) is 0 Å². The van der Waals surface area contributed by atoms with E-state index in [1.54, 1.807) is 0 Å². The number of hydrogen-bond acceptors (Lipinski definition) is 5. The van der Waals surface area contributed by atoms with E-state index < -0.39 is 0 Å². The van der Waals surface area contributed by atoms with Gasteiger partial charge in [-0.25, -0.2) is 9.97 Å². The Morgan fingerprint density at radius 2 is 1.71 bits per heavy atom. The number of aliphatic hydroxyl groups is 1. The van der Waals surface area contributed by atoms with Crippen LogP contribution in [0.25, 0.3) is 0 Å². The number of aliphatic hydroxyl groups excluding tert-OH is 1. The van der Waals surface area contributed by atoms with E-state index in [1.807, 2.05) is 14.0 Å². The van der Waals surface area contributed by atoms with Crippen LogP contribution in [0.5, 0.6) is 0 Å². The number of nitrogens with one attached hydrogen (secondary N) is 2. The lowest BCUT2D eigenvalue weighted by atomic mass is 9.95. The lowest BCUT2D eigenvalue weighted by Crippen LogP contribution is -2.29. The Balaban J connectivity index is 3.21. The fourth-order valence-electron chi connectivity index (χ4n) is 2.12. The molecule has 5 heteroatoms. The van der Waals surface area contributed by atoms with Crippen molar-refractivity contribution in [2.45, 2.75) is 59.4 Å². The van der Waals surface area contributed by atoms with Gasteiger partial charge >= 0.3 is 0 Å². The van der Waals surface area contributed by atoms with Gasteiger partial charge in [0.1, 0.15) is 17.5 Å².